The van der Waals surface area contributed by atoms with E-state index in [-0.39, 0.29) is 6.61 Å². The van der Waals surface area contributed by atoms with Gasteiger partial charge in [0, 0.05) is 23.7 Å². The first-order valence-corrected chi connectivity index (χ1v) is 13.5. The van der Waals surface area contributed by atoms with Gasteiger partial charge in [-0.15, -0.1) is 23.1 Å². The molecule has 3 N–H and O–H groups in total. The van der Waals surface area contributed by atoms with Crippen LogP contribution < -0.4 is 10.6 Å². The van der Waals surface area contributed by atoms with Crippen molar-refractivity contribution in [2.75, 3.05) is 22.9 Å². The van der Waals surface area contributed by atoms with Gasteiger partial charge in [0.2, 0.25) is 0 Å². The fourth-order valence-corrected chi connectivity index (χ4v) is 5.83. The third-order valence-electron chi connectivity index (χ3n) is 5.66. The summed E-state index contributed by atoms with van der Waals surface area (Å²) < 4.78 is 6.28. The zero-order chi connectivity index (χ0) is 25.6. The summed E-state index contributed by atoms with van der Waals surface area (Å²) in [5.41, 5.74) is 4.62. The molecule has 1 amide bonds. The van der Waals surface area contributed by atoms with Crippen molar-refractivity contribution >= 4 is 61.8 Å². The average molecular weight is 533 g/mol. The number of carbonyl (C=O) groups is 2. The lowest BCUT2D eigenvalue weighted by atomic mass is 10.1. The molecule has 0 saturated carbocycles. The molecule has 0 bridgehead atoms. The zero-order valence-electron chi connectivity index (χ0n) is 19.7. The lowest BCUT2D eigenvalue weighted by Gasteiger charge is -2.09. The van der Waals surface area contributed by atoms with Crippen LogP contribution in [0.15, 0.2) is 77.8 Å². The number of amides is 1. The number of thiazole rings is 1. The lowest BCUT2D eigenvalue weighted by Crippen LogP contribution is -2.17. The van der Waals surface area contributed by atoms with Gasteiger partial charge in [0.15, 0.2) is 6.04 Å². The number of aliphatic imine (C=N–C) groups is 1. The van der Waals surface area contributed by atoms with Crippen LogP contribution >= 0.6 is 23.1 Å². The van der Waals surface area contributed by atoms with E-state index in [2.05, 4.69) is 26.7 Å². The molecule has 0 saturated heterocycles. The Labute approximate surface area is 221 Å². The largest absolute Gasteiger partial charge is 0.480 e. The maximum atomic E-state index is 12.0. The number of rotatable bonds is 9. The Morgan fingerprint density at radius 3 is 2.54 bits per heavy atom. The van der Waals surface area contributed by atoms with Crippen molar-refractivity contribution in [3.63, 3.8) is 0 Å². The van der Waals surface area contributed by atoms with E-state index < -0.39 is 18.1 Å². The molecule has 1 aromatic heterocycles. The number of aromatic nitrogens is 1. The molecule has 5 rings (SSSR count). The minimum absolute atomic E-state index is 0.226. The molecular formula is C27H24N4O4S2. The molecule has 0 unspecified atom stereocenters. The van der Waals surface area contributed by atoms with Gasteiger partial charge in [-0.2, -0.15) is 0 Å². The number of ether oxygens (including phenoxy) is 1. The molecule has 0 spiro atoms. The summed E-state index contributed by atoms with van der Waals surface area (Å²) in [5.74, 6) is -0.453. The van der Waals surface area contributed by atoms with Crippen molar-refractivity contribution in [1.82, 2.24) is 4.98 Å². The summed E-state index contributed by atoms with van der Waals surface area (Å²) in [6.07, 6.45) is 0.328. The normalized spacial score (nSPS) is 14.8. The van der Waals surface area contributed by atoms with E-state index in [1.165, 1.54) is 23.1 Å². The smallest absolute Gasteiger partial charge is 0.411 e. The third kappa shape index (κ3) is 6.46. The van der Waals surface area contributed by atoms with Crippen molar-refractivity contribution in [2.45, 2.75) is 19.1 Å². The van der Waals surface area contributed by atoms with Gasteiger partial charge in [0.1, 0.15) is 16.7 Å². The number of carboxylic acid groups (broad SMARTS) is 1. The summed E-state index contributed by atoms with van der Waals surface area (Å²) in [6, 6.07) is 22.6. The van der Waals surface area contributed by atoms with Gasteiger partial charge in [-0.25, -0.2) is 14.6 Å². The topological polar surface area (TPSA) is 113 Å². The minimum atomic E-state index is -0.901. The number of aliphatic carboxylic acids is 1. The van der Waals surface area contributed by atoms with Crippen molar-refractivity contribution in [2.24, 2.45) is 4.99 Å². The molecule has 1 aliphatic rings. The quantitative estimate of drug-likeness (QED) is 0.255. The Kier molecular flexibility index (Phi) is 7.67. The molecular weight excluding hydrogens is 508 g/mol. The lowest BCUT2D eigenvalue weighted by molar-refractivity contribution is -0.137. The first-order valence-electron chi connectivity index (χ1n) is 11.7. The molecule has 0 fully saturated rings. The van der Waals surface area contributed by atoms with Crippen LogP contribution in [0.5, 0.6) is 0 Å². The SMILES string of the molecule is O=C(Nc1ccc(CCNc2ccc3nc(C4=N[C@@H](C(=O)O)CS4)sc3c2)cc1)OCc1ccccc1. The summed E-state index contributed by atoms with van der Waals surface area (Å²) in [5, 5.41) is 16.8. The predicted octanol–water partition coefficient (Wildman–Crippen LogP) is 5.65. The van der Waals surface area contributed by atoms with Crippen LogP contribution in [0.4, 0.5) is 16.2 Å². The van der Waals surface area contributed by atoms with E-state index in [0.717, 1.165) is 45.0 Å². The van der Waals surface area contributed by atoms with Crippen molar-refractivity contribution < 1.29 is 19.4 Å². The Morgan fingerprint density at radius 2 is 1.78 bits per heavy atom. The Balaban J connectivity index is 1.10. The molecule has 1 aliphatic heterocycles. The molecule has 0 radical (unpaired) electrons. The van der Waals surface area contributed by atoms with Crippen LogP contribution in [0.1, 0.15) is 16.1 Å². The van der Waals surface area contributed by atoms with Crippen LogP contribution in [-0.2, 0) is 22.6 Å². The second kappa shape index (κ2) is 11.4. The van der Waals surface area contributed by atoms with Crippen molar-refractivity contribution in [3.05, 3.63) is 88.9 Å². The van der Waals surface area contributed by atoms with Crippen LogP contribution in [0.3, 0.4) is 0 Å². The number of hydrogen-bond donors (Lipinski definition) is 3. The highest BCUT2D eigenvalue weighted by atomic mass is 32.2. The van der Waals surface area contributed by atoms with E-state index in [1.807, 2.05) is 66.7 Å². The monoisotopic (exact) mass is 532 g/mol. The number of nitrogens with zero attached hydrogens (tertiary/aromatic N) is 2. The number of fused-ring (bicyclic) bond motifs is 1. The number of thioether (sulfide) groups is 1. The zero-order valence-corrected chi connectivity index (χ0v) is 21.3. The fourth-order valence-electron chi connectivity index (χ4n) is 3.73. The summed E-state index contributed by atoms with van der Waals surface area (Å²) in [7, 11) is 0. The van der Waals surface area contributed by atoms with Gasteiger partial charge in [-0.1, -0.05) is 42.5 Å². The van der Waals surface area contributed by atoms with Gasteiger partial charge in [-0.3, -0.25) is 10.3 Å². The molecule has 2 heterocycles. The number of carbonyl (C=O) groups excluding carboxylic acids is 1. The average Bonchev–Trinajstić information content (AvgIpc) is 3.57. The van der Waals surface area contributed by atoms with E-state index in [9.17, 15) is 9.59 Å². The van der Waals surface area contributed by atoms with Crippen LogP contribution in [0, 0.1) is 0 Å². The van der Waals surface area contributed by atoms with Crippen LogP contribution in [-0.4, -0.2) is 45.5 Å². The van der Waals surface area contributed by atoms with E-state index in [0.29, 0.717) is 16.5 Å². The fraction of sp³-hybridized carbons (Fsp3) is 0.185. The third-order valence-corrected chi connectivity index (χ3v) is 7.87. The maximum Gasteiger partial charge on any atom is 0.411 e. The van der Waals surface area contributed by atoms with Crippen LogP contribution in [0.25, 0.3) is 10.2 Å². The number of hydrogen-bond acceptors (Lipinski definition) is 8. The number of nitrogens with one attached hydrogen (secondary N) is 2. The molecule has 3 aromatic carbocycles. The Morgan fingerprint density at radius 1 is 1.00 bits per heavy atom. The van der Waals surface area contributed by atoms with E-state index >= 15 is 0 Å². The van der Waals surface area contributed by atoms with Crippen molar-refractivity contribution in [1.29, 1.82) is 0 Å². The molecule has 1 atom stereocenters. The van der Waals surface area contributed by atoms with Gasteiger partial charge in [0.25, 0.3) is 0 Å². The first-order chi connectivity index (χ1) is 18.0. The maximum absolute atomic E-state index is 12.0. The predicted molar refractivity (Wildman–Crippen MR) is 149 cm³/mol. The van der Waals surface area contributed by atoms with Gasteiger partial charge < -0.3 is 15.2 Å². The Bertz CT molecular complexity index is 1440. The summed E-state index contributed by atoms with van der Waals surface area (Å²) in [6.45, 7) is 0.968. The molecule has 188 valence electrons. The summed E-state index contributed by atoms with van der Waals surface area (Å²) in [4.78, 5) is 32.1. The second-order valence-electron chi connectivity index (χ2n) is 8.36. The van der Waals surface area contributed by atoms with E-state index in [1.54, 1.807) is 0 Å². The molecule has 10 heteroatoms. The van der Waals surface area contributed by atoms with Crippen LogP contribution in [0.2, 0.25) is 0 Å². The molecule has 8 nitrogen and oxygen atoms in total. The highest BCUT2D eigenvalue weighted by molar-refractivity contribution is 8.15. The van der Waals surface area contributed by atoms with Gasteiger partial charge in [-0.05, 0) is 47.9 Å². The molecule has 37 heavy (non-hydrogen) atoms. The number of carboxylic acids is 1. The standard InChI is InChI=1S/C27H24N4O4S2/c32-26(33)22-16-36-24(31-22)25-30-21-11-10-20(14-23(21)37-25)28-13-12-17-6-8-19(9-7-17)29-27(34)35-15-18-4-2-1-3-5-18/h1-11,14,22,28H,12-13,15-16H2,(H,29,34)(H,32,33)/t22-/m1/s1. The van der Waals surface area contributed by atoms with E-state index in [4.69, 9.17) is 9.84 Å². The number of anilines is 2. The van der Waals surface area contributed by atoms with Gasteiger partial charge in [0.05, 0.1) is 10.2 Å². The first kappa shape index (κ1) is 24.8. The Hall–Kier alpha value is -3.89. The molecule has 0 aliphatic carbocycles. The highest BCUT2D eigenvalue weighted by Gasteiger charge is 2.26. The minimum Gasteiger partial charge on any atom is -0.480 e. The van der Waals surface area contributed by atoms with Gasteiger partial charge >= 0.3 is 12.1 Å². The summed E-state index contributed by atoms with van der Waals surface area (Å²) >= 11 is 2.96. The number of benzene rings is 3. The highest BCUT2D eigenvalue weighted by Crippen LogP contribution is 2.31. The molecule has 4 aromatic rings. The second-order valence-corrected chi connectivity index (χ2v) is 10.4. The van der Waals surface area contributed by atoms with Crippen molar-refractivity contribution in [3.8, 4) is 0 Å².